The van der Waals surface area contributed by atoms with Gasteiger partial charge in [0.05, 0.1) is 0 Å². The summed E-state index contributed by atoms with van der Waals surface area (Å²) in [5.74, 6) is 0.604. The molecule has 2 aromatic carbocycles. The summed E-state index contributed by atoms with van der Waals surface area (Å²) in [6, 6.07) is 19.1. The van der Waals surface area contributed by atoms with Crippen molar-refractivity contribution >= 4 is 23.0 Å². The molecule has 0 heterocycles. The van der Waals surface area contributed by atoms with E-state index in [1.165, 1.54) is 11.1 Å². The maximum Gasteiger partial charge on any atom is 0.170 e. The molecular weight excluding hydrogens is 300 g/mol. The van der Waals surface area contributed by atoms with Gasteiger partial charge in [-0.3, -0.25) is 0 Å². The Morgan fingerprint density at radius 1 is 1.04 bits per heavy atom. The molecule has 3 heteroatoms. The number of hydrogen-bond acceptors (Lipinski definition) is 1. The second-order valence-electron chi connectivity index (χ2n) is 5.90. The lowest BCUT2D eigenvalue weighted by Crippen LogP contribution is -2.29. The van der Waals surface area contributed by atoms with Crippen LogP contribution in [0.1, 0.15) is 43.7 Å². The van der Waals surface area contributed by atoms with E-state index < -0.39 is 0 Å². The fourth-order valence-electron chi connectivity index (χ4n) is 2.45. The highest BCUT2D eigenvalue weighted by Crippen LogP contribution is 2.20. The highest BCUT2D eigenvalue weighted by molar-refractivity contribution is 7.80. The molecule has 0 aliphatic rings. The maximum absolute atomic E-state index is 5.35. The highest BCUT2D eigenvalue weighted by Gasteiger charge is 2.03. The lowest BCUT2D eigenvalue weighted by Gasteiger charge is -2.13. The summed E-state index contributed by atoms with van der Waals surface area (Å²) in [5, 5.41) is 7.20. The molecule has 0 fully saturated rings. The molecule has 2 nitrogen and oxygen atoms in total. The van der Waals surface area contributed by atoms with Crippen LogP contribution >= 0.6 is 12.2 Å². The Kier molecular flexibility index (Phi) is 7.08. The van der Waals surface area contributed by atoms with E-state index in [2.05, 4.69) is 73.0 Å². The standard InChI is InChI=1S/C20H26N2S/c1-3-16(2)18-11-13-19(14-12-18)22-20(23)21-15-7-10-17-8-5-4-6-9-17/h4-6,8-9,11-14,16H,3,7,10,15H2,1-2H3,(H2,21,22,23). The first-order chi connectivity index (χ1) is 11.2. The molecule has 0 radical (unpaired) electrons. The molecule has 0 saturated carbocycles. The van der Waals surface area contributed by atoms with Crippen LogP contribution in [0.4, 0.5) is 5.69 Å². The van der Waals surface area contributed by atoms with Crippen molar-refractivity contribution in [2.75, 3.05) is 11.9 Å². The topological polar surface area (TPSA) is 24.1 Å². The number of anilines is 1. The van der Waals surface area contributed by atoms with Gasteiger partial charge in [-0.2, -0.15) is 0 Å². The quantitative estimate of drug-likeness (QED) is 0.545. The smallest absolute Gasteiger partial charge is 0.170 e. The Morgan fingerprint density at radius 3 is 2.39 bits per heavy atom. The molecule has 0 aliphatic heterocycles. The zero-order valence-electron chi connectivity index (χ0n) is 14.0. The Balaban J connectivity index is 1.70. The number of rotatable bonds is 7. The number of benzene rings is 2. The largest absolute Gasteiger partial charge is 0.362 e. The lowest BCUT2D eigenvalue weighted by atomic mass is 9.99. The van der Waals surface area contributed by atoms with Gasteiger partial charge >= 0.3 is 0 Å². The van der Waals surface area contributed by atoms with E-state index in [0.717, 1.165) is 31.5 Å². The first-order valence-corrected chi connectivity index (χ1v) is 8.78. The van der Waals surface area contributed by atoms with Crippen LogP contribution in [-0.4, -0.2) is 11.7 Å². The third-order valence-corrected chi connectivity index (χ3v) is 4.37. The van der Waals surface area contributed by atoms with Crippen LogP contribution in [0.15, 0.2) is 54.6 Å². The molecule has 1 atom stereocenters. The molecule has 1 unspecified atom stereocenters. The van der Waals surface area contributed by atoms with Gasteiger partial charge in [-0.1, -0.05) is 56.3 Å². The van der Waals surface area contributed by atoms with E-state index >= 15 is 0 Å². The van der Waals surface area contributed by atoms with Crippen LogP contribution in [0, 0.1) is 0 Å². The summed E-state index contributed by atoms with van der Waals surface area (Å²) in [6.07, 6.45) is 3.30. The summed E-state index contributed by atoms with van der Waals surface area (Å²) in [5.41, 5.74) is 3.78. The van der Waals surface area contributed by atoms with Crippen LogP contribution < -0.4 is 10.6 Å². The Hall–Kier alpha value is -1.87. The van der Waals surface area contributed by atoms with E-state index in [4.69, 9.17) is 12.2 Å². The van der Waals surface area contributed by atoms with Gasteiger partial charge in [-0.15, -0.1) is 0 Å². The van der Waals surface area contributed by atoms with Crippen molar-refractivity contribution < 1.29 is 0 Å². The Bertz CT molecular complexity index is 593. The highest BCUT2D eigenvalue weighted by atomic mass is 32.1. The van der Waals surface area contributed by atoms with Crippen molar-refractivity contribution in [2.45, 2.75) is 39.0 Å². The molecule has 0 bridgehead atoms. The summed E-state index contributed by atoms with van der Waals surface area (Å²) in [6.45, 7) is 5.35. The third kappa shape index (κ3) is 6.03. The lowest BCUT2D eigenvalue weighted by molar-refractivity contribution is 0.734. The normalized spacial score (nSPS) is 11.7. The van der Waals surface area contributed by atoms with Gasteiger partial charge in [0, 0.05) is 12.2 Å². The van der Waals surface area contributed by atoms with Gasteiger partial charge in [0.2, 0.25) is 0 Å². The number of hydrogen-bond donors (Lipinski definition) is 2. The van der Waals surface area contributed by atoms with Crippen molar-refractivity contribution in [3.63, 3.8) is 0 Å². The molecule has 2 N–H and O–H groups in total. The number of nitrogens with one attached hydrogen (secondary N) is 2. The molecule has 2 aromatic rings. The monoisotopic (exact) mass is 326 g/mol. The van der Waals surface area contributed by atoms with Gasteiger partial charge in [0.1, 0.15) is 0 Å². The third-order valence-electron chi connectivity index (χ3n) is 4.12. The molecule has 0 aliphatic carbocycles. The van der Waals surface area contributed by atoms with Crippen LogP contribution in [0.2, 0.25) is 0 Å². The van der Waals surface area contributed by atoms with E-state index in [9.17, 15) is 0 Å². The zero-order chi connectivity index (χ0) is 16.5. The molecule has 2 rings (SSSR count). The fraction of sp³-hybridized carbons (Fsp3) is 0.350. The van der Waals surface area contributed by atoms with Crippen molar-refractivity contribution in [1.29, 1.82) is 0 Å². The molecule has 0 aromatic heterocycles. The van der Waals surface area contributed by atoms with Crippen molar-refractivity contribution in [2.24, 2.45) is 0 Å². The second kappa shape index (κ2) is 9.31. The Labute approximate surface area is 145 Å². The fourth-order valence-corrected chi connectivity index (χ4v) is 2.66. The van der Waals surface area contributed by atoms with Crippen molar-refractivity contribution in [3.8, 4) is 0 Å². The summed E-state index contributed by atoms with van der Waals surface area (Å²) >= 11 is 5.35. The molecule has 0 saturated heterocycles. The van der Waals surface area contributed by atoms with Crippen LogP contribution in [0.3, 0.4) is 0 Å². The first kappa shape index (κ1) is 17.5. The van der Waals surface area contributed by atoms with Gasteiger partial charge in [-0.25, -0.2) is 0 Å². The molecule has 122 valence electrons. The van der Waals surface area contributed by atoms with Crippen LogP contribution in [-0.2, 0) is 6.42 Å². The average molecular weight is 327 g/mol. The number of thiocarbonyl (C=S) groups is 1. The predicted octanol–water partition coefficient (Wildman–Crippen LogP) is 5.12. The minimum atomic E-state index is 0.604. The predicted molar refractivity (Wildman–Crippen MR) is 104 cm³/mol. The van der Waals surface area contributed by atoms with E-state index in [-0.39, 0.29) is 0 Å². The minimum absolute atomic E-state index is 0.604. The van der Waals surface area contributed by atoms with Gasteiger partial charge < -0.3 is 10.6 Å². The zero-order valence-corrected chi connectivity index (χ0v) is 14.8. The maximum atomic E-state index is 5.35. The van der Waals surface area contributed by atoms with Crippen molar-refractivity contribution in [3.05, 3.63) is 65.7 Å². The van der Waals surface area contributed by atoms with E-state index in [1.807, 2.05) is 6.07 Å². The molecule has 0 amide bonds. The van der Waals surface area contributed by atoms with Gasteiger partial charge in [-0.05, 0) is 60.7 Å². The Morgan fingerprint density at radius 2 is 1.74 bits per heavy atom. The van der Waals surface area contributed by atoms with E-state index in [1.54, 1.807) is 0 Å². The molecular formula is C20H26N2S. The first-order valence-electron chi connectivity index (χ1n) is 8.37. The van der Waals surface area contributed by atoms with Crippen molar-refractivity contribution in [1.82, 2.24) is 5.32 Å². The summed E-state index contributed by atoms with van der Waals surface area (Å²) in [7, 11) is 0. The molecule has 23 heavy (non-hydrogen) atoms. The van der Waals surface area contributed by atoms with Crippen LogP contribution in [0.25, 0.3) is 0 Å². The van der Waals surface area contributed by atoms with E-state index in [0.29, 0.717) is 11.0 Å². The van der Waals surface area contributed by atoms with Crippen LogP contribution in [0.5, 0.6) is 0 Å². The van der Waals surface area contributed by atoms with Gasteiger partial charge in [0.15, 0.2) is 5.11 Å². The SMILES string of the molecule is CCC(C)c1ccc(NC(=S)NCCCc2ccccc2)cc1. The van der Waals surface area contributed by atoms with Gasteiger partial charge in [0.25, 0.3) is 0 Å². The summed E-state index contributed by atoms with van der Waals surface area (Å²) in [4.78, 5) is 0. The second-order valence-corrected chi connectivity index (χ2v) is 6.31. The molecule has 0 spiro atoms. The average Bonchev–Trinajstić information content (AvgIpc) is 2.59. The minimum Gasteiger partial charge on any atom is -0.362 e. The summed E-state index contributed by atoms with van der Waals surface area (Å²) < 4.78 is 0. The number of aryl methyl sites for hydroxylation is 1.